The van der Waals surface area contributed by atoms with E-state index in [2.05, 4.69) is 5.43 Å². The quantitative estimate of drug-likeness (QED) is 0.686. The first-order valence-corrected chi connectivity index (χ1v) is 4.59. The fourth-order valence-electron chi connectivity index (χ4n) is 1.48. The Labute approximate surface area is 82.1 Å². The van der Waals surface area contributed by atoms with Gasteiger partial charge in [-0.25, -0.2) is 0 Å². The Bertz CT molecular complexity index is 326. The number of anilines is 1. The first kappa shape index (κ1) is 9.02. The highest BCUT2D eigenvalue weighted by Gasteiger charge is 2.24. The van der Waals surface area contributed by atoms with Crippen molar-refractivity contribution in [3.8, 4) is 0 Å². The fraction of sp³-hybridized carbons (Fsp3) is 0.300. The van der Waals surface area contributed by atoms with Crippen LogP contribution in [0.3, 0.4) is 0 Å². The highest BCUT2D eigenvalue weighted by molar-refractivity contribution is 5.79. The van der Waals surface area contributed by atoms with Crippen molar-refractivity contribution in [2.24, 2.45) is 0 Å². The Morgan fingerprint density at radius 3 is 2.79 bits per heavy atom. The van der Waals surface area contributed by atoms with Gasteiger partial charge in [-0.2, -0.15) is 0 Å². The highest BCUT2D eigenvalue weighted by atomic mass is 16.3. The van der Waals surface area contributed by atoms with Gasteiger partial charge >= 0.3 is 0 Å². The summed E-state index contributed by atoms with van der Waals surface area (Å²) >= 11 is 0. The lowest BCUT2D eigenvalue weighted by atomic mass is 10.2. The number of carbonyl (C=O) groups excluding carboxylic acids is 1. The summed E-state index contributed by atoms with van der Waals surface area (Å²) in [7, 11) is 0. The fourth-order valence-corrected chi connectivity index (χ4v) is 1.48. The molecule has 1 heterocycles. The Kier molecular flexibility index (Phi) is 2.37. The first-order valence-electron chi connectivity index (χ1n) is 4.59. The number of hydrogen-bond acceptors (Lipinski definition) is 3. The number of rotatable bonds is 1. The molecule has 2 N–H and O–H groups in total. The molecule has 1 saturated heterocycles. The van der Waals surface area contributed by atoms with Gasteiger partial charge in [-0.3, -0.25) is 15.2 Å². The predicted molar refractivity (Wildman–Crippen MR) is 52.3 cm³/mol. The van der Waals surface area contributed by atoms with Crippen LogP contribution in [-0.2, 0) is 4.79 Å². The summed E-state index contributed by atoms with van der Waals surface area (Å²) in [5.41, 5.74) is 3.43. The van der Waals surface area contributed by atoms with Gasteiger partial charge in [-0.15, -0.1) is 0 Å². The normalized spacial score (nSPS) is 21.9. The summed E-state index contributed by atoms with van der Waals surface area (Å²) in [6.45, 7) is 0. The Hall–Kier alpha value is -1.55. The molecule has 0 spiro atoms. The van der Waals surface area contributed by atoms with Crippen molar-refractivity contribution >= 4 is 11.6 Å². The zero-order chi connectivity index (χ0) is 9.97. The second-order valence-corrected chi connectivity index (χ2v) is 3.26. The van der Waals surface area contributed by atoms with Crippen LogP contribution in [0, 0.1) is 0 Å². The molecule has 1 aliphatic rings. The second kappa shape index (κ2) is 3.67. The molecule has 1 fully saturated rings. The molecule has 0 bridgehead atoms. The van der Waals surface area contributed by atoms with Crippen molar-refractivity contribution in [1.29, 1.82) is 0 Å². The van der Waals surface area contributed by atoms with E-state index in [-0.39, 0.29) is 5.91 Å². The molecular weight excluding hydrogens is 180 g/mol. The number of hydrogen-bond donors (Lipinski definition) is 2. The van der Waals surface area contributed by atoms with Crippen LogP contribution in [0.1, 0.15) is 12.8 Å². The number of nitrogens with zero attached hydrogens (tertiary/aromatic N) is 1. The van der Waals surface area contributed by atoms with Crippen molar-refractivity contribution in [2.75, 3.05) is 5.01 Å². The largest absolute Gasteiger partial charge is 0.372 e. The molecule has 0 aromatic heterocycles. The molecule has 4 nitrogen and oxygen atoms in total. The monoisotopic (exact) mass is 192 g/mol. The standard InChI is InChI=1S/C10H12N2O2/c13-9-6-7-10(14)12(11-9)8-4-2-1-3-5-8/h1-5,10,14H,6-7H2,(H,11,13). The van der Waals surface area contributed by atoms with Crippen LogP contribution < -0.4 is 10.4 Å². The SMILES string of the molecule is O=C1CCC(O)N(c2ccccc2)N1. The number of hydrazine groups is 1. The Morgan fingerprint density at radius 2 is 2.07 bits per heavy atom. The summed E-state index contributed by atoms with van der Waals surface area (Å²) in [6.07, 6.45) is 0.223. The molecule has 1 atom stereocenters. The van der Waals surface area contributed by atoms with E-state index >= 15 is 0 Å². The Morgan fingerprint density at radius 1 is 1.36 bits per heavy atom. The number of para-hydroxylation sites is 1. The van der Waals surface area contributed by atoms with Crippen molar-refractivity contribution in [3.63, 3.8) is 0 Å². The molecule has 1 aromatic rings. The van der Waals surface area contributed by atoms with Gasteiger partial charge in [-0.1, -0.05) is 18.2 Å². The van der Waals surface area contributed by atoms with E-state index in [4.69, 9.17) is 0 Å². The molecule has 4 heteroatoms. The van der Waals surface area contributed by atoms with Crippen LogP contribution in [0.15, 0.2) is 30.3 Å². The summed E-state index contributed by atoms with van der Waals surface area (Å²) < 4.78 is 0. The van der Waals surface area contributed by atoms with E-state index in [9.17, 15) is 9.90 Å². The molecule has 0 aliphatic carbocycles. The molecule has 1 aromatic carbocycles. The topological polar surface area (TPSA) is 52.6 Å². The first-order chi connectivity index (χ1) is 6.77. The molecule has 0 saturated carbocycles. The third-order valence-electron chi connectivity index (χ3n) is 2.21. The molecular formula is C10H12N2O2. The van der Waals surface area contributed by atoms with Gasteiger partial charge in [0.1, 0.15) is 6.23 Å². The van der Waals surface area contributed by atoms with E-state index in [1.807, 2.05) is 30.3 Å². The number of amides is 1. The van der Waals surface area contributed by atoms with Gasteiger partial charge in [0.05, 0.1) is 5.69 Å². The average molecular weight is 192 g/mol. The van der Waals surface area contributed by atoms with E-state index in [1.54, 1.807) is 0 Å². The maximum atomic E-state index is 11.1. The Balaban J connectivity index is 2.20. The minimum absolute atomic E-state index is 0.0563. The minimum atomic E-state index is -0.630. The third kappa shape index (κ3) is 1.70. The lowest BCUT2D eigenvalue weighted by molar-refractivity contribution is -0.124. The van der Waals surface area contributed by atoms with Crippen molar-refractivity contribution in [3.05, 3.63) is 30.3 Å². The molecule has 0 radical (unpaired) electrons. The molecule has 74 valence electrons. The van der Waals surface area contributed by atoms with Crippen LogP contribution in [-0.4, -0.2) is 17.2 Å². The summed E-state index contributed by atoms with van der Waals surface area (Å²) in [4.78, 5) is 11.1. The van der Waals surface area contributed by atoms with Crippen molar-refractivity contribution in [2.45, 2.75) is 19.1 Å². The zero-order valence-electron chi connectivity index (χ0n) is 7.68. The predicted octanol–water partition coefficient (Wildman–Crippen LogP) is 0.636. The summed E-state index contributed by atoms with van der Waals surface area (Å²) in [5, 5.41) is 11.1. The smallest absolute Gasteiger partial charge is 0.238 e. The highest BCUT2D eigenvalue weighted by Crippen LogP contribution is 2.18. The van der Waals surface area contributed by atoms with Gasteiger partial charge in [0.25, 0.3) is 0 Å². The number of aliphatic hydroxyl groups excluding tert-OH is 1. The number of carbonyl (C=O) groups is 1. The van der Waals surface area contributed by atoms with Gasteiger partial charge in [0.15, 0.2) is 0 Å². The molecule has 1 unspecified atom stereocenters. The maximum Gasteiger partial charge on any atom is 0.238 e. The average Bonchev–Trinajstić information content (AvgIpc) is 2.23. The van der Waals surface area contributed by atoms with Crippen molar-refractivity contribution in [1.82, 2.24) is 5.43 Å². The summed E-state index contributed by atoms with van der Waals surface area (Å²) in [6, 6.07) is 9.30. The lowest BCUT2D eigenvalue weighted by Crippen LogP contribution is -2.53. The van der Waals surface area contributed by atoms with E-state index in [1.165, 1.54) is 5.01 Å². The van der Waals surface area contributed by atoms with Crippen LogP contribution in [0.5, 0.6) is 0 Å². The van der Waals surface area contributed by atoms with E-state index in [0.717, 1.165) is 5.69 Å². The van der Waals surface area contributed by atoms with Gasteiger partial charge in [0, 0.05) is 12.8 Å². The van der Waals surface area contributed by atoms with E-state index < -0.39 is 6.23 Å². The molecule has 1 amide bonds. The van der Waals surface area contributed by atoms with Crippen LogP contribution >= 0.6 is 0 Å². The molecule has 14 heavy (non-hydrogen) atoms. The number of aliphatic hydroxyl groups is 1. The molecule has 1 aliphatic heterocycles. The van der Waals surface area contributed by atoms with Gasteiger partial charge < -0.3 is 5.11 Å². The minimum Gasteiger partial charge on any atom is -0.372 e. The maximum absolute atomic E-state index is 11.1. The van der Waals surface area contributed by atoms with Crippen molar-refractivity contribution < 1.29 is 9.90 Å². The van der Waals surface area contributed by atoms with Crippen LogP contribution in [0.4, 0.5) is 5.69 Å². The number of benzene rings is 1. The second-order valence-electron chi connectivity index (χ2n) is 3.26. The summed E-state index contributed by atoms with van der Waals surface area (Å²) in [5.74, 6) is -0.0563. The third-order valence-corrected chi connectivity index (χ3v) is 2.21. The molecule has 2 rings (SSSR count). The number of nitrogens with one attached hydrogen (secondary N) is 1. The lowest BCUT2D eigenvalue weighted by Gasteiger charge is -2.33. The van der Waals surface area contributed by atoms with Gasteiger partial charge in [-0.05, 0) is 12.1 Å². The van der Waals surface area contributed by atoms with Crippen LogP contribution in [0.25, 0.3) is 0 Å². The van der Waals surface area contributed by atoms with Crippen LogP contribution in [0.2, 0.25) is 0 Å². The zero-order valence-corrected chi connectivity index (χ0v) is 7.68. The van der Waals surface area contributed by atoms with Gasteiger partial charge in [0.2, 0.25) is 5.91 Å². The van der Waals surface area contributed by atoms with E-state index in [0.29, 0.717) is 12.8 Å².